The van der Waals surface area contributed by atoms with Crippen LogP contribution in [-0.2, 0) is 13.0 Å². The van der Waals surface area contributed by atoms with Crippen LogP contribution in [0.4, 0.5) is 0 Å². The summed E-state index contributed by atoms with van der Waals surface area (Å²) >= 11 is 0. The molecule has 1 aromatic carbocycles. The van der Waals surface area contributed by atoms with Crippen LogP contribution in [0.5, 0.6) is 0 Å². The number of nitrogens with two attached hydrogens (primary N) is 1. The van der Waals surface area contributed by atoms with Gasteiger partial charge in [0.1, 0.15) is 0 Å². The maximum atomic E-state index is 5.82. The highest BCUT2D eigenvalue weighted by molar-refractivity contribution is 5.22. The molecule has 0 heterocycles. The van der Waals surface area contributed by atoms with Gasteiger partial charge in [-0.05, 0) is 43.4 Å². The van der Waals surface area contributed by atoms with E-state index in [2.05, 4.69) is 43.1 Å². The average Bonchev–Trinajstić information content (AvgIpc) is 2.30. The van der Waals surface area contributed by atoms with Crippen molar-refractivity contribution < 1.29 is 0 Å². The predicted molar refractivity (Wildman–Crippen MR) is 77.5 cm³/mol. The molecule has 1 saturated carbocycles. The zero-order valence-electron chi connectivity index (χ0n) is 11.7. The topological polar surface area (TPSA) is 29.3 Å². The van der Waals surface area contributed by atoms with E-state index in [0.717, 1.165) is 12.5 Å². The second kappa shape index (κ2) is 6.35. The fraction of sp³-hybridized carbons (Fsp3) is 0.625. The molecule has 1 fully saturated rings. The third-order valence-corrected chi connectivity index (χ3v) is 3.86. The minimum atomic E-state index is 0.469. The van der Waals surface area contributed by atoms with Crippen LogP contribution in [0.2, 0.25) is 0 Å². The quantitative estimate of drug-likeness (QED) is 0.836. The van der Waals surface area contributed by atoms with Crippen LogP contribution < -0.4 is 5.73 Å². The molecule has 0 bridgehead atoms. The van der Waals surface area contributed by atoms with E-state index in [9.17, 15) is 0 Å². The summed E-state index contributed by atoms with van der Waals surface area (Å²) in [6, 6.07) is 9.55. The van der Waals surface area contributed by atoms with Gasteiger partial charge in [-0.25, -0.2) is 0 Å². The summed E-state index contributed by atoms with van der Waals surface area (Å²) < 4.78 is 0. The Kier molecular flexibility index (Phi) is 4.79. The summed E-state index contributed by atoms with van der Waals surface area (Å²) in [6.45, 7) is 4.47. The van der Waals surface area contributed by atoms with Crippen molar-refractivity contribution in [1.29, 1.82) is 0 Å². The molecule has 0 amide bonds. The first-order chi connectivity index (χ1) is 8.67. The molecule has 2 rings (SSSR count). The normalized spacial score (nSPS) is 23.1. The number of aryl methyl sites for hydroxylation is 1. The van der Waals surface area contributed by atoms with Crippen molar-refractivity contribution in [2.45, 2.75) is 45.2 Å². The van der Waals surface area contributed by atoms with E-state index in [1.165, 1.54) is 43.4 Å². The van der Waals surface area contributed by atoms with Crippen LogP contribution >= 0.6 is 0 Å². The van der Waals surface area contributed by atoms with Gasteiger partial charge in [-0.15, -0.1) is 0 Å². The molecule has 0 saturated heterocycles. The number of nitrogens with zero attached hydrogens (tertiary/aromatic N) is 1. The number of hydrogen-bond acceptors (Lipinski definition) is 2. The Bertz CT molecular complexity index is 352. The molecule has 1 aliphatic carbocycles. The first kappa shape index (κ1) is 13.6. The molecule has 1 aromatic rings. The van der Waals surface area contributed by atoms with E-state index in [-0.39, 0.29) is 0 Å². The molecule has 0 aromatic heterocycles. The fourth-order valence-electron chi connectivity index (χ4n) is 2.85. The predicted octanol–water partition coefficient (Wildman–Crippen LogP) is 2.81. The second-order valence-electron chi connectivity index (χ2n) is 5.86. The van der Waals surface area contributed by atoms with E-state index >= 15 is 0 Å². The van der Waals surface area contributed by atoms with E-state index in [0.29, 0.717) is 6.04 Å². The molecule has 2 N–H and O–H groups in total. The molecular formula is C16H26N2. The summed E-state index contributed by atoms with van der Waals surface area (Å²) in [6.07, 6.45) is 4.83. The maximum Gasteiger partial charge on any atom is 0.0230 e. The molecule has 2 nitrogen and oxygen atoms in total. The minimum Gasteiger partial charge on any atom is -0.328 e. The van der Waals surface area contributed by atoms with Crippen LogP contribution in [0, 0.1) is 5.92 Å². The molecule has 100 valence electrons. The largest absolute Gasteiger partial charge is 0.328 e. The molecule has 0 spiro atoms. The molecular weight excluding hydrogens is 220 g/mol. The van der Waals surface area contributed by atoms with Crippen molar-refractivity contribution in [3.63, 3.8) is 0 Å². The lowest BCUT2D eigenvalue weighted by Gasteiger charge is -2.35. The van der Waals surface area contributed by atoms with E-state index in [1.54, 1.807) is 0 Å². The molecule has 0 unspecified atom stereocenters. The third-order valence-electron chi connectivity index (χ3n) is 3.86. The van der Waals surface area contributed by atoms with E-state index < -0.39 is 0 Å². The highest BCUT2D eigenvalue weighted by Gasteiger charge is 2.26. The Labute approximate surface area is 111 Å². The lowest BCUT2D eigenvalue weighted by atomic mass is 9.80. The Hall–Kier alpha value is -0.860. The Morgan fingerprint density at radius 1 is 1.17 bits per heavy atom. The van der Waals surface area contributed by atoms with Crippen LogP contribution in [0.15, 0.2) is 24.3 Å². The van der Waals surface area contributed by atoms with Gasteiger partial charge < -0.3 is 10.6 Å². The van der Waals surface area contributed by atoms with Gasteiger partial charge in [-0.1, -0.05) is 37.6 Å². The second-order valence-corrected chi connectivity index (χ2v) is 5.86. The summed E-state index contributed by atoms with van der Waals surface area (Å²) in [5.41, 5.74) is 8.69. The van der Waals surface area contributed by atoms with Crippen molar-refractivity contribution in [1.82, 2.24) is 4.90 Å². The highest BCUT2D eigenvalue weighted by atomic mass is 15.1. The van der Waals surface area contributed by atoms with Crippen LogP contribution in [0.25, 0.3) is 0 Å². The molecule has 1 aliphatic rings. The number of rotatable bonds is 6. The Balaban J connectivity index is 1.77. The first-order valence-corrected chi connectivity index (χ1v) is 7.19. The van der Waals surface area contributed by atoms with E-state index in [4.69, 9.17) is 5.73 Å². The molecule has 18 heavy (non-hydrogen) atoms. The van der Waals surface area contributed by atoms with Gasteiger partial charge in [0, 0.05) is 19.1 Å². The lowest BCUT2D eigenvalue weighted by molar-refractivity contribution is 0.178. The van der Waals surface area contributed by atoms with E-state index in [1.807, 2.05) is 0 Å². The highest BCUT2D eigenvalue weighted by Crippen LogP contribution is 2.26. The molecule has 0 atom stereocenters. The number of benzene rings is 1. The van der Waals surface area contributed by atoms with Crippen molar-refractivity contribution in [3.8, 4) is 0 Å². The zero-order chi connectivity index (χ0) is 13.0. The zero-order valence-corrected chi connectivity index (χ0v) is 11.7. The van der Waals surface area contributed by atoms with Gasteiger partial charge >= 0.3 is 0 Å². The monoisotopic (exact) mass is 246 g/mol. The minimum absolute atomic E-state index is 0.469. The Morgan fingerprint density at radius 2 is 1.78 bits per heavy atom. The van der Waals surface area contributed by atoms with Gasteiger partial charge in [-0.3, -0.25) is 0 Å². The summed E-state index contributed by atoms with van der Waals surface area (Å²) in [7, 11) is 2.21. The summed E-state index contributed by atoms with van der Waals surface area (Å²) in [4.78, 5) is 2.42. The van der Waals surface area contributed by atoms with Crippen molar-refractivity contribution >= 4 is 0 Å². The van der Waals surface area contributed by atoms with Gasteiger partial charge in [-0.2, -0.15) is 0 Å². The molecule has 2 heteroatoms. The maximum absolute atomic E-state index is 5.82. The van der Waals surface area contributed by atoms with Gasteiger partial charge in [0.25, 0.3) is 0 Å². The lowest BCUT2D eigenvalue weighted by Crippen LogP contribution is -2.41. The van der Waals surface area contributed by atoms with Crippen LogP contribution in [-0.4, -0.2) is 24.5 Å². The smallest absolute Gasteiger partial charge is 0.0230 e. The Morgan fingerprint density at radius 3 is 2.33 bits per heavy atom. The molecule has 0 radical (unpaired) electrons. The standard InChI is InChI=1S/C16H26N2/c1-3-4-13-5-7-14(8-6-13)11-18(2)12-15-9-16(17)10-15/h5-8,15-16H,3-4,9-12,17H2,1-2H3. The number of hydrogen-bond donors (Lipinski definition) is 1. The van der Waals surface area contributed by atoms with Crippen molar-refractivity contribution in [2.75, 3.05) is 13.6 Å². The fourth-order valence-corrected chi connectivity index (χ4v) is 2.85. The van der Waals surface area contributed by atoms with Gasteiger partial charge in [0.15, 0.2) is 0 Å². The van der Waals surface area contributed by atoms with Gasteiger partial charge in [0.2, 0.25) is 0 Å². The summed E-state index contributed by atoms with van der Waals surface area (Å²) in [5, 5.41) is 0. The van der Waals surface area contributed by atoms with Crippen molar-refractivity contribution in [2.24, 2.45) is 11.7 Å². The van der Waals surface area contributed by atoms with Crippen LogP contribution in [0.1, 0.15) is 37.3 Å². The third kappa shape index (κ3) is 3.82. The van der Waals surface area contributed by atoms with Crippen LogP contribution in [0.3, 0.4) is 0 Å². The SMILES string of the molecule is CCCc1ccc(CN(C)CC2CC(N)C2)cc1. The van der Waals surface area contributed by atoms with Crippen molar-refractivity contribution in [3.05, 3.63) is 35.4 Å². The first-order valence-electron chi connectivity index (χ1n) is 7.19. The van der Waals surface area contributed by atoms with Gasteiger partial charge in [0.05, 0.1) is 0 Å². The molecule has 0 aliphatic heterocycles. The average molecular weight is 246 g/mol. The summed E-state index contributed by atoms with van der Waals surface area (Å²) in [5.74, 6) is 0.823.